The summed E-state index contributed by atoms with van der Waals surface area (Å²) in [6.45, 7) is 1.63. The zero-order valence-corrected chi connectivity index (χ0v) is 15.7. The van der Waals surface area contributed by atoms with E-state index in [4.69, 9.17) is 10.6 Å². The van der Waals surface area contributed by atoms with Crippen molar-refractivity contribution in [3.05, 3.63) is 0 Å². The van der Waals surface area contributed by atoms with E-state index in [1.54, 1.807) is 6.92 Å². The smallest absolute Gasteiger partial charge is 0.305 e. The van der Waals surface area contributed by atoms with E-state index in [2.05, 4.69) is 0 Å². The van der Waals surface area contributed by atoms with Crippen LogP contribution in [0.2, 0.25) is 0 Å². The van der Waals surface area contributed by atoms with Gasteiger partial charge in [0.1, 0.15) is 5.78 Å². The van der Waals surface area contributed by atoms with Crippen molar-refractivity contribution in [2.75, 3.05) is 0 Å². The molecule has 0 aliphatic heterocycles. The van der Waals surface area contributed by atoms with Crippen LogP contribution in [0, 0.1) is 11.8 Å². The van der Waals surface area contributed by atoms with Crippen molar-refractivity contribution in [1.82, 2.24) is 0 Å². The lowest BCUT2D eigenvalue weighted by atomic mass is 9.85. The predicted octanol–water partition coefficient (Wildman–Crippen LogP) is 4.15. The molecule has 1 aliphatic rings. The highest BCUT2D eigenvalue weighted by atomic mass is 19.3. The highest BCUT2D eigenvalue weighted by Crippen LogP contribution is 2.37. The van der Waals surface area contributed by atoms with Crippen molar-refractivity contribution in [3.8, 4) is 0 Å². The summed E-state index contributed by atoms with van der Waals surface area (Å²) in [5.41, 5.74) is 0. The molecule has 1 fully saturated rings. The molecule has 3 atom stereocenters. The number of carboxylic acids is 1. The number of rotatable bonds is 14. The molecule has 5 nitrogen and oxygen atoms in total. The number of carboxylic acid groups (broad SMARTS) is 1. The third-order valence-electron chi connectivity index (χ3n) is 4.86. The van der Waals surface area contributed by atoms with E-state index in [0.717, 1.165) is 0 Å². The maximum Gasteiger partial charge on any atom is 0.305 e. The molecule has 0 aromatic carbocycles. The van der Waals surface area contributed by atoms with Gasteiger partial charge in [0.15, 0.2) is 0 Å². The first kappa shape index (κ1) is 17.7. The van der Waals surface area contributed by atoms with Gasteiger partial charge in [0.05, 0.1) is 6.10 Å². The van der Waals surface area contributed by atoms with Crippen LogP contribution in [0.25, 0.3) is 0 Å². The number of aliphatic hydroxyl groups is 1. The third kappa shape index (κ3) is 8.03. The van der Waals surface area contributed by atoms with Gasteiger partial charge in [-0.2, -0.15) is 8.78 Å². The number of Topliss-reactive ketones (excluding diaryl/α,β-unsaturated/α-hetero) is 2. The number of hydrogen-bond acceptors (Lipinski definition) is 4. The Bertz CT molecular complexity index is 657. The minimum Gasteiger partial charge on any atom is -0.481 e. The molecule has 0 radical (unpaired) electrons. The second-order valence-electron chi connectivity index (χ2n) is 7.12. The molecule has 0 spiro atoms. The van der Waals surface area contributed by atoms with E-state index < -0.39 is 67.0 Å². The second kappa shape index (κ2) is 11.5. The number of carbonyl (C=O) groups is 3. The van der Waals surface area contributed by atoms with E-state index >= 15 is 0 Å². The molecule has 1 saturated carbocycles. The van der Waals surface area contributed by atoms with Crippen molar-refractivity contribution < 1.29 is 38.9 Å². The molecule has 2 N–H and O–H groups in total. The molecule has 0 unspecified atom stereocenters. The highest BCUT2D eigenvalue weighted by Gasteiger charge is 2.43. The first-order valence-electron chi connectivity index (χ1n) is 11.6. The molecule has 1 aliphatic carbocycles. The lowest BCUT2D eigenvalue weighted by Crippen LogP contribution is -2.30. The molecule has 0 heterocycles. The van der Waals surface area contributed by atoms with Crippen LogP contribution in [0.1, 0.15) is 89.4 Å². The van der Waals surface area contributed by atoms with Gasteiger partial charge < -0.3 is 10.2 Å². The van der Waals surface area contributed by atoms with Crippen molar-refractivity contribution in [2.24, 2.45) is 11.8 Å². The van der Waals surface area contributed by atoms with Gasteiger partial charge in [-0.05, 0) is 31.6 Å². The molecule has 0 saturated heterocycles. The Morgan fingerprint density at radius 2 is 1.89 bits per heavy atom. The summed E-state index contributed by atoms with van der Waals surface area (Å²) < 4.78 is 60.8. The fraction of sp³-hybridized carbons (Fsp3) is 0.850. The maximum absolute atomic E-state index is 14.2. The molecule has 27 heavy (non-hydrogen) atoms. The number of hydrogen-bond donors (Lipinski definition) is 2. The number of carbonyl (C=O) groups excluding carboxylic acids is 2. The molecule has 7 heteroatoms. The molecule has 1 rings (SSSR count). The Balaban J connectivity index is 2.95. The second-order valence-corrected chi connectivity index (χ2v) is 7.12. The van der Waals surface area contributed by atoms with Gasteiger partial charge >= 0.3 is 11.9 Å². The number of aliphatic carboxylic acids is 1. The largest absolute Gasteiger partial charge is 0.481 e. The van der Waals surface area contributed by atoms with Crippen LogP contribution < -0.4 is 0 Å². The van der Waals surface area contributed by atoms with E-state index in [0.29, 0.717) is 32.1 Å². The minimum absolute atomic E-state index is 0.000803. The van der Waals surface area contributed by atoms with E-state index in [9.17, 15) is 28.3 Å². The summed E-state index contributed by atoms with van der Waals surface area (Å²) >= 11 is 0. The molecule has 0 aromatic heterocycles. The van der Waals surface area contributed by atoms with Gasteiger partial charge in [-0.15, -0.1) is 0 Å². The van der Waals surface area contributed by atoms with Crippen LogP contribution in [0.4, 0.5) is 8.78 Å². The zero-order valence-electron chi connectivity index (χ0n) is 19.7. The van der Waals surface area contributed by atoms with Gasteiger partial charge in [0.25, 0.3) is 0 Å². The summed E-state index contributed by atoms with van der Waals surface area (Å²) in [6, 6.07) is 0. The fourth-order valence-electron chi connectivity index (χ4n) is 3.24. The first-order chi connectivity index (χ1) is 14.2. The lowest BCUT2D eigenvalue weighted by molar-refractivity contribution is -0.144. The first-order valence-corrected chi connectivity index (χ1v) is 9.55. The fourth-order valence-corrected chi connectivity index (χ4v) is 3.24. The Morgan fingerprint density at radius 1 is 1.22 bits per heavy atom. The Labute approximate surface area is 165 Å². The molecule has 0 aromatic rings. The van der Waals surface area contributed by atoms with Crippen LogP contribution in [0.15, 0.2) is 0 Å². The molecule has 0 bridgehead atoms. The van der Waals surface area contributed by atoms with Crippen LogP contribution in [0.3, 0.4) is 0 Å². The number of ketones is 2. The third-order valence-corrected chi connectivity index (χ3v) is 4.86. The van der Waals surface area contributed by atoms with Crippen molar-refractivity contribution >= 4 is 17.5 Å². The van der Waals surface area contributed by atoms with Crippen molar-refractivity contribution in [1.29, 1.82) is 0 Å². The quantitative estimate of drug-likeness (QED) is 0.432. The predicted molar refractivity (Wildman–Crippen MR) is 96.7 cm³/mol. The average molecular weight is 394 g/mol. The molecule has 0 amide bonds. The van der Waals surface area contributed by atoms with E-state index in [1.165, 1.54) is 0 Å². The summed E-state index contributed by atoms with van der Waals surface area (Å²) in [7, 11) is 0. The minimum atomic E-state index is -4.06. The van der Waals surface area contributed by atoms with Crippen molar-refractivity contribution in [2.45, 2.75) is 95.9 Å². The van der Waals surface area contributed by atoms with Gasteiger partial charge in [-0.3, -0.25) is 14.4 Å². The van der Waals surface area contributed by atoms with Crippen LogP contribution in [-0.2, 0) is 14.4 Å². The Morgan fingerprint density at radius 3 is 2.52 bits per heavy atom. The Hall–Kier alpha value is -1.37. The van der Waals surface area contributed by atoms with Gasteiger partial charge in [0, 0.05) is 37.0 Å². The summed E-state index contributed by atoms with van der Waals surface area (Å²) in [6.07, 6.45) is -7.32. The standard InChI is InChI=1S/C20H32F2O5/c1-2-3-12-20(21,22)18(25)11-10-15-14(16(23)13-17(15)24)8-6-4-5-7-9-19(26)27/h14-15,17,24H,2-13H2,1H3,(H,26,27)/t14-,15-,17-/m1/s1/i10D2,11D2. The van der Waals surface area contributed by atoms with Gasteiger partial charge in [-0.1, -0.05) is 32.6 Å². The average Bonchev–Trinajstić information content (AvgIpc) is 2.95. The van der Waals surface area contributed by atoms with Crippen LogP contribution in [-0.4, -0.2) is 39.8 Å². The van der Waals surface area contributed by atoms with Crippen molar-refractivity contribution in [3.63, 3.8) is 0 Å². The number of unbranched alkanes of at least 4 members (excludes halogenated alkanes) is 4. The maximum atomic E-state index is 14.2. The molecule has 156 valence electrons. The number of alkyl halides is 2. The normalized spacial score (nSPS) is 26.2. The topological polar surface area (TPSA) is 91.7 Å². The monoisotopic (exact) mass is 394 g/mol. The van der Waals surface area contributed by atoms with E-state index in [1.807, 2.05) is 0 Å². The van der Waals surface area contributed by atoms with Gasteiger partial charge in [0.2, 0.25) is 5.78 Å². The molecular formula is C20H32F2O5. The van der Waals surface area contributed by atoms with Crippen LogP contribution >= 0.6 is 0 Å². The molecular weight excluding hydrogens is 358 g/mol. The Kier molecular flexibility index (Phi) is 7.52. The SMILES string of the molecule is [2H]C([2H])(C(=O)C(F)(F)CCCC)C([2H])([2H])[C@H]1[C@H](O)CC(=O)[C@@H]1CCCCCCC(=O)O. The van der Waals surface area contributed by atoms with Crippen LogP contribution in [0.5, 0.6) is 0 Å². The van der Waals surface area contributed by atoms with Gasteiger partial charge in [-0.25, -0.2) is 0 Å². The summed E-state index contributed by atoms with van der Waals surface area (Å²) in [5, 5.41) is 18.9. The summed E-state index contributed by atoms with van der Waals surface area (Å²) in [5.74, 6) is -10.4. The summed E-state index contributed by atoms with van der Waals surface area (Å²) in [4.78, 5) is 35.1. The number of aliphatic hydroxyl groups excluding tert-OH is 1. The van der Waals surface area contributed by atoms with E-state index in [-0.39, 0.29) is 19.3 Å². The lowest BCUT2D eigenvalue weighted by Gasteiger charge is -2.22. The number of halogens is 2. The highest BCUT2D eigenvalue weighted by molar-refractivity contribution is 5.86. The zero-order chi connectivity index (χ0) is 24.0.